The fourth-order valence-corrected chi connectivity index (χ4v) is 2.51. The number of rotatable bonds is 4. The molecule has 0 saturated carbocycles. The SMILES string of the molecule is Cc1nn(C)c(C)c1C(C)Nc1cc(F)ccc1[N+](=O)[O-]. The summed E-state index contributed by atoms with van der Waals surface area (Å²) < 4.78 is 15.1. The van der Waals surface area contributed by atoms with Gasteiger partial charge in [0.25, 0.3) is 5.69 Å². The van der Waals surface area contributed by atoms with E-state index >= 15 is 0 Å². The van der Waals surface area contributed by atoms with Gasteiger partial charge in [0.05, 0.1) is 16.7 Å². The Kier molecular flexibility index (Phi) is 3.93. The summed E-state index contributed by atoms with van der Waals surface area (Å²) >= 11 is 0. The third kappa shape index (κ3) is 2.86. The number of nitro benzene ring substituents is 1. The first-order valence-corrected chi connectivity index (χ1v) is 6.51. The van der Waals surface area contributed by atoms with E-state index in [0.29, 0.717) is 0 Å². The minimum Gasteiger partial charge on any atom is -0.373 e. The molecule has 0 amide bonds. The van der Waals surface area contributed by atoms with Crippen molar-refractivity contribution in [3.8, 4) is 0 Å². The van der Waals surface area contributed by atoms with E-state index in [0.717, 1.165) is 35.2 Å². The summed E-state index contributed by atoms with van der Waals surface area (Å²) in [5.74, 6) is -0.519. The van der Waals surface area contributed by atoms with E-state index in [1.54, 1.807) is 4.68 Å². The molecule has 2 rings (SSSR count). The maximum Gasteiger partial charge on any atom is 0.292 e. The lowest BCUT2D eigenvalue weighted by molar-refractivity contribution is -0.384. The van der Waals surface area contributed by atoms with Gasteiger partial charge in [0.15, 0.2) is 0 Å². The van der Waals surface area contributed by atoms with Crippen molar-refractivity contribution in [3.63, 3.8) is 0 Å². The van der Waals surface area contributed by atoms with Gasteiger partial charge in [0, 0.05) is 30.4 Å². The van der Waals surface area contributed by atoms with Gasteiger partial charge >= 0.3 is 0 Å². The summed E-state index contributed by atoms with van der Waals surface area (Å²) in [6, 6.07) is 3.15. The van der Waals surface area contributed by atoms with Crippen molar-refractivity contribution in [2.45, 2.75) is 26.8 Å². The minimum atomic E-state index is -0.530. The molecule has 21 heavy (non-hydrogen) atoms. The Labute approximate surface area is 121 Å². The Hall–Kier alpha value is -2.44. The molecule has 0 aliphatic rings. The molecule has 1 heterocycles. The first-order valence-electron chi connectivity index (χ1n) is 6.51. The topological polar surface area (TPSA) is 73.0 Å². The molecule has 0 fully saturated rings. The zero-order valence-corrected chi connectivity index (χ0v) is 12.3. The predicted molar refractivity (Wildman–Crippen MR) is 77.8 cm³/mol. The quantitative estimate of drug-likeness (QED) is 0.693. The summed E-state index contributed by atoms with van der Waals surface area (Å²) in [5, 5.41) is 18.3. The van der Waals surface area contributed by atoms with E-state index in [1.165, 1.54) is 0 Å². The number of benzene rings is 1. The number of halogens is 1. The summed E-state index contributed by atoms with van der Waals surface area (Å²) in [5.41, 5.74) is 2.77. The Morgan fingerprint density at radius 2 is 2.10 bits per heavy atom. The van der Waals surface area contributed by atoms with Gasteiger partial charge in [-0.2, -0.15) is 5.10 Å². The molecular formula is C14H17FN4O2. The third-order valence-electron chi connectivity index (χ3n) is 3.53. The van der Waals surface area contributed by atoms with Crippen molar-refractivity contribution in [2.24, 2.45) is 7.05 Å². The van der Waals surface area contributed by atoms with Crippen LogP contribution in [-0.2, 0) is 7.05 Å². The summed E-state index contributed by atoms with van der Waals surface area (Å²) in [6.45, 7) is 5.67. The molecule has 7 heteroatoms. The Morgan fingerprint density at radius 3 is 2.62 bits per heavy atom. The van der Waals surface area contributed by atoms with Crippen LogP contribution in [0.1, 0.15) is 29.9 Å². The monoisotopic (exact) mass is 292 g/mol. The standard InChI is InChI=1S/C14H17FN4O2/c1-8(14-9(2)17-18(4)10(14)3)16-12-7-11(15)5-6-13(12)19(20)21/h5-8,16H,1-4H3. The molecule has 0 aliphatic heterocycles. The molecule has 6 nitrogen and oxygen atoms in total. The minimum absolute atomic E-state index is 0.151. The Balaban J connectivity index is 2.37. The van der Waals surface area contributed by atoms with Crippen LogP contribution in [0.2, 0.25) is 0 Å². The molecule has 1 atom stereocenters. The van der Waals surface area contributed by atoms with Gasteiger partial charge in [-0.15, -0.1) is 0 Å². The van der Waals surface area contributed by atoms with Crippen molar-refractivity contribution in [3.05, 3.63) is 51.1 Å². The van der Waals surface area contributed by atoms with E-state index in [-0.39, 0.29) is 17.4 Å². The molecule has 0 bridgehead atoms. The van der Waals surface area contributed by atoms with E-state index in [4.69, 9.17) is 0 Å². The molecule has 2 aromatic rings. The van der Waals surface area contributed by atoms with Gasteiger partial charge in [0.1, 0.15) is 11.5 Å². The molecule has 1 N–H and O–H groups in total. The van der Waals surface area contributed by atoms with Crippen LogP contribution in [0.5, 0.6) is 0 Å². The maximum atomic E-state index is 13.3. The molecule has 1 aromatic heterocycles. The number of nitro groups is 1. The van der Waals surface area contributed by atoms with E-state index < -0.39 is 10.7 Å². The Bertz CT molecular complexity index is 697. The zero-order valence-electron chi connectivity index (χ0n) is 12.3. The van der Waals surface area contributed by atoms with Gasteiger partial charge in [0.2, 0.25) is 0 Å². The highest BCUT2D eigenvalue weighted by molar-refractivity contribution is 5.62. The van der Waals surface area contributed by atoms with Crippen molar-refractivity contribution in [2.75, 3.05) is 5.32 Å². The van der Waals surface area contributed by atoms with Crippen molar-refractivity contribution >= 4 is 11.4 Å². The molecule has 0 aliphatic carbocycles. The lowest BCUT2D eigenvalue weighted by atomic mass is 10.1. The van der Waals surface area contributed by atoms with Crippen molar-refractivity contribution < 1.29 is 9.31 Å². The van der Waals surface area contributed by atoms with E-state index in [9.17, 15) is 14.5 Å². The zero-order chi connectivity index (χ0) is 15.7. The number of nitrogens with zero attached hydrogens (tertiary/aromatic N) is 3. The summed E-state index contributed by atoms with van der Waals surface area (Å²) in [7, 11) is 1.84. The van der Waals surface area contributed by atoms with E-state index in [1.807, 2.05) is 27.8 Å². The lowest BCUT2D eigenvalue weighted by Gasteiger charge is -2.16. The molecule has 0 radical (unpaired) electrons. The van der Waals surface area contributed by atoms with Gasteiger partial charge in [-0.3, -0.25) is 14.8 Å². The third-order valence-corrected chi connectivity index (χ3v) is 3.53. The first kappa shape index (κ1) is 15.0. The van der Waals surface area contributed by atoms with Crippen LogP contribution in [0.4, 0.5) is 15.8 Å². The highest BCUT2D eigenvalue weighted by Crippen LogP contribution is 2.30. The maximum absolute atomic E-state index is 13.3. The number of anilines is 1. The molecule has 0 spiro atoms. The van der Waals surface area contributed by atoms with Crippen molar-refractivity contribution in [1.82, 2.24) is 9.78 Å². The summed E-state index contributed by atoms with van der Waals surface area (Å²) in [4.78, 5) is 10.5. The second-order valence-corrected chi connectivity index (χ2v) is 4.99. The van der Waals surface area contributed by atoms with Crippen LogP contribution in [0.3, 0.4) is 0 Å². The number of aromatic nitrogens is 2. The largest absolute Gasteiger partial charge is 0.373 e. The van der Waals surface area contributed by atoms with Crippen LogP contribution < -0.4 is 5.32 Å². The molecular weight excluding hydrogens is 275 g/mol. The predicted octanol–water partition coefficient (Wildman–Crippen LogP) is 3.26. The highest BCUT2D eigenvalue weighted by atomic mass is 19.1. The second-order valence-electron chi connectivity index (χ2n) is 4.99. The van der Waals surface area contributed by atoms with Gasteiger partial charge < -0.3 is 5.32 Å². The normalized spacial score (nSPS) is 12.2. The lowest BCUT2D eigenvalue weighted by Crippen LogP contribution is -2.10. The first-order chi connectivity index (χ1) is 9.81. The highest BCUT2D eigenvalue weighted by Gasteiger charge is 2.20. The molecule has 1 unspecified atom stereocenters. The van der Waals surface area contributed by atoms with Crippen LogP contribution in [0, 0.1) is 29.8 Å². The van der Waals surface area contributed by atoms with Gasteiger partial charge in [-0.1, -0.05) is 0 Å². The van der Waals surface area contributed by atoms with Crippen molar-refractivity contribution in [1.29, 1.82) is 0 Å². The average molecular weight is 292 g/mol. The van der Waals surface area contributed by atoms with Gasteiger partial charge in [-0.05, 0) is 26.8 Å². The van der Waals surface area contributed by atoms with Gasteiger partial charge in [-0.25, -0.2) is 4.39 Å². The van der Waals surface area contributed by atoms with Crippen LogP contribution >= 0.6 is 0 Å². The fraction of sp³-hybridized carbons (Fsp3) is 0.357. The van der Waals surface area contributed by atoms with Crippen LogP contribution in [-0.4, -0.2) is 14.7 Å². The smallest absolute Gasteiger partial charge is 0.292 e. The molecule has 1 aromatic carbocycles. The second kappa shape index (κ2) is 5.51. The number of aryl methyl sites for hydroxylation is 2. The molecule has 112 valence electrons. The number of hydrogen-bond donors (Lipinski definition) is 1. The van der Waals surface area contributed by atoms with Crippen LogP contribution in [0.25, 0.3) is 0 Å². The average Bonchev–Trinajstić information content (AvgIpc) is 2.62. The Morgan fingerprint density at radius 1 is 1.43 bits per heavy atom. The molecule has 0 saturated heterocycles. The van der Waals surface area contributed by atoms with E-state index in [2.05, 4.69) is 10.4 Å². The van der Waals surface area contributed by atoms with Crippen LogP contribution in [0.15, 0.2) is 18.2 Å². The summed E-state index contributed by atoms with van der Waals surface area (Å²) in [6.07, 6.45) is 0. The fourth-order valence-electron chi connectivity index (χ4n) is 2.51. The number of nitrogens with one attached hydrogen (secondary N) is 1. The number of hydrogen-bond acceptors (Lipinski definition) is 4.